The first-order valence-corrected chi connectivity index (χ1v) is 7.08. The van der Waals surface area contributed by atoms with E-state index in [1.165, 1.54) is 25.7 Å². The zero-order valence-corrected chi connectivity index (χ0v) is 11.7. The largest absolute Gasteiger partial charge is 0.103 e. The van der Waals surface area contributed by atoms with E-state index in [1.807, 2.05) is 12.2 Å². The molecular formula is C18H28. The van der Waals surface area contributed by atoms with E-state index in [9.17, 15) is 0 Å². The van der Waals surface area contributed by atoms with E-state index in [0.717, 1.165) is 25.7 Å². The van der Waals surface area contributed by atoms with Gasteiger partial charge < -0.3 is 0 Å². The van der Waals surface area contributed by atoms with Crippen LogP contribution in [0.1, 0.15) is 51.4 Å². The summed E-state index contributed by atoms with van der Waals surface area (Å²) in [6.45, 7) is 7.29. The quantitative estimate of drug-likeness (QED) is 0.388. The van der Waals surface area contributed by atoms with Crippen LogP contribution < -0.4 is 0 Å². The Labute approximate surface area is 113 Å². The molecule has 0 fully saturated rings. The number of unbranched alkanes of at least 4 members (excludes halogenated alkanes) is 2. The third kappa shape index (κ3) is 14.7. The molecule has 1 aliphatic rings. The maximum atomic E-state index is 3.64. The van der Waals surface area contributed by atoms with E-state index in [1.54, 1.807) is 0 Å². The molecule has 0 saturated carbocycles. The van der Waals surface area contributed by atoms with Crippen molar-refractivity contribution in [1.29, 1.82) is 0 Å². The summed E-state index contributed by atoms with van der Waals surface area (Å²) in [5.74, 6) is 0. The molecule has 0 saturated heterocycles. The molecule has 0 aliphatic heterocycles. The molecule has 1 aliphatic carbocycles. The topological polar surface area (TPSA) is 0 Å². The summed E-state index contributed by atoms with van der Waals surface area (Å²) >= 11 is 0. The number of hydrogen-bond acceptors (Lipinski definition) is 0. The zero-order valence-electron chi connectivity index (χ0n) is 11.7. The lowest BCUT2D eigenvalue weighted by molar-refractivity contribution is 0.962. The number of allylic oxidation sites excluding steroid dienone is 8. The zero-order chi connectivity index (χ0) is 13.3. The molecular weight excluding hydrogens is 216 g/mol. The minimum absolute atomic E-state index is 1.09. The third-order valence-electron chi connectivity index (χ3n) is 2.57. The van der Waals surface area contributed by atoms with Crippen LogP contribution in [0.3, 0.4) is 0 Å². The summed E-state index contributed by atoms with van der Waals surface area (Å²) in [5, 5.41) is 0. The van der Waals surface area contributed by atoms with Crippen LogP contribution in [-0.4, -0.2) is 0 Å². The first kappa shape index (κ1) is 16.7. The second kappa shape index (κ2) is 15.7. The van der Waals surface area contributed by atoms with Crippen molar-refractivity contribution in [3.05, 3.63) is 61.8 Å². The van der Waals surface area contributed by atoms with Crippen LogP contribution in [0.5, 0.6) is 0 Å². The fourth-order valence-corrected chi connectivity index (χ4v) is 1.52. The van der Waals surface area contributed by atoms with Crippen molar-refractivity contribution in [2.75, 3.05) is 0 Å². The Balaban J connectivity index is 0.000000327. The molecule has 0 radical (unpaired) electrons. The minimum atomic E-state index is 1.09. The van der Waals surface area contributed by atoms with Crippen molar-refractivity contribution >= 4 is 0 Å². The molecule has 0 bridgehead atoms. The van der Waals surface area contributed by atoms with Crippen LogP contribution in [0.2, 0.25) is 0 Å². The summed E-state index contributed by atoms with van der Waals surface area (Å²) in [5.41, 5.74) is 0. The van der Waals surface area contributed by atoms with Gasteiger partial charge in [-0.25, -0.2) is 0 Å². The van der Waals surface area contributed by atoms with Crippen molar-refractivity contribution in [3.63, 3.8) is 0 Å². The van der Waals surface area contributed by atoms with Crippen molar-refractivity contribution in [1.82, 2.24) is 0 Å². The molecule has 100 valence electrons. The van der Waals surface area contributed by atoms with Gasteiger partial charge in [-0.1, -0.05) is 48.6 Å². The van der Waals surface area contributed by atoms with E-state index in [4.69, 9.17) is 0 Å². The molecule has 0 N–H and O–H groups in total. The lowest BCUT2D eigenvalue weighted by Crippen LogP contribution is -1.71. The van der Waals surface area contributed by atoms with Crippen LogP contribution in [0.15, 0.2) is 61.8 Å². The average Bonchev–Trinajstić information content (AvgIpc) is 2.34. The van der Waals surface area contributed by atoms with Gasteiger partial charge in [-0.15, -0.1) is 13.2 Å². The van der Waals surface area contributed by atoms with Gasteiger partial charge in [0.2, 0.25) is 0 Å². The SMILES string of the molecule is C1=CCC/C=C\CC1.C=CCCC=CCCC=C. The second-order valence-electron chi connectivity index (χ2n) is 4.30. The van der Waals surface area contributed by atoms with Gasteiger partial charge in [-0.05, 0) is 51.4 Å². The fourth-order valence-electron chi connectivity index (χ4n) is 1.52. The summed E-state index contributed by atoms with van der Waals surface area (Å²) in [4.78, 5) is 0. The molecule has 0 amide bonds. The van der Waals surface area contributed by atoms with E-state index in [0.29, 0.717) is 0 Å². The maximum Gasteiger partial charge on any atom is -0.0316 e. The molecule has 0 nitrogen and oxygen atoms in total. The number of rotatable bonds is 6. The second-order valence-corrected chi connectivity index (χ2v) is 4.30. The molecule has 0 heteroatoms. The highest BCUT2D eigenvalue weighted by Crippen LogP contribution is 2.02. The molecule has 0 aromatic rings. The lowest BCUT2D eigenvalue weighted by Gasteiger charge is -1.92. The van der Waals surface area contributed by atoms with E-state index in [-0.39, 0.29) is 0 Å². The van der Waals surface area contributed by atoms with Gasteiger partial charge >= 0.3 is 0 Å². The Morgan fingerprint density at radius 3 is 1.22 bits per heavy atom. The normalized spacial score (nSPS) is 16.2. The molecule has 18 heavy (non-hydrogen) atoms. The lowest BCUT2D eigenvalue weighted by atomic mass is 10.1. The summed E-state index contributed by atoms with van der Waals surface area (Å²) in [6.07, 6.45) is 26.7. The van der Waals surface area contributed by atoms with Crippen LogP contribution in [0.25, 0.3) is 0 Å². The van der Waals surface area contributed by atoms with Gasteiger partial charge in [-0.3, -0.25) is 0 Å². The van der Waals surface area contributed by atoms with Gasteiger partial charge in [0.25, 0.3) is 0 Å². The Morgan fingerprint density at radius 2 is 0.944 bits per heavy atom. The Hall–Kier alpha value is -1.30. The van der Waals surface area contributed by atoms with Crippen LogP contribution in [-0.2, 0) is 0 Å². The molecule has 0 unspecified atom stereocenters. The van der Waals surface area contributed by atoms with Crippen molar-refractivity contribution in [2.45, 2.75) is 51.4 Å². The summed E-state index contributed by atoms with van der Waals surface area (Å²) in [7, 11) is 0. The maximum absolute atomic E-state index is 3.64. The van der Waals surface area contributed by atoms with Crippen LogP contribution in [0, 0.1) is 0 Å². The molecule has 0 heterocycles. The highest BCUT2D eigenvalue weighted by molar-refractivity contribution is 4.93. The minimum Gasteiger partial charge on any atom is -0.103 e. The Kier molecular flexibility index (Phi) is 14.6. The Bertz CT molecular complexity index is 226. The first-order valence-electron chi connectivity index (χ1n) is 7.08. The molecule has 1 rings (SSSR count). The highest BCUT2D eigenvalue weighted by Gasteiger charge is 1.81. The van der Waals surface area contributed by atoms with Gasteiger partial charge in [0.05, 0.1) is 0 Å². The first-order chi connectivity index (χ1) is 8.91. The predicted octanol–water partition coefficient (Wildman–Crippen LogP) is 6.15. The van der Waals surface area contributed by atoms with Crippen LogP contribution in [0.4, 0.5) is 0 Å². The Morgan fingerprint density at radius 1 is 0.611 bits per heavy atom. The van der Waals surface area contributed by atoms with Gasteiger partial charge in [0.1, 0.15) is 0 Å². The van der Waals surface area contributed by atoms with Crippen molar-refractivity contribution in [2.24, 2.45) is 0 Å². The fraction of sp³-hybridized carbons (Fsp3) is 0.444. The van der Waals surface area contributed by atoms with Crippen molar-refractivity contribution in [3.8, 4) is 0 Å². The standard InChI is InChI=1S/C10H16.C8H12/c1-3-5-7-9-10-8-6-4-2;1-2-4-6-8-7-5-3-1/h3-4,9-10H,1-2,5-8H2;1-2,7-8H,3-6H2/b;2-1-,8-7?. The van der Waals surface area contributed by atoms with E-state index in [2.05, 4.69) is 49.6 Å². The number of hydrogen-bond donors (Lipinski definition) is 0. The molecule has 0 aromatic heterocycles. The summed E-state index contributed by atoms with van der Waals surface area (Å²) in [6, 6.07) is 0. The summed E-state index contributed by atoms with van der Waals surface area (Å²) < 4.78 is 0. The smallest absolute Gasteiger partial charge is 0.0316 e. The average molecular weight is 244 g/mol. The van der Waals surface area contributed by atoms with E-state index < -0.39 is 0 Å². The predicted molar refractivity (Wildman–Crippen MR) is 84.8 cm³/mol. The van der Waals surface area contributed by atoms with Gasteiger partial charge in [0.15, 0.2) is 0 Å². The highest BCUT2D eigenvalue weighted by atomic mass is 13.9. The molecule has 0 spiro atoms. The third-order valence-corrected chi connectivity index (χ3v) is 2.57. The van der Waals surface area contributed by atoms with Crippen LogP contribution >= 0.6 is 0 Å². The van der Waals surface area contributed by atoms with Crippen molar-refractivity contribution < 1.29 is 0 Å². The van der Waals surface area contributed by atoms with E-state index >= 15 is 0 Å². The molecule has 0 atom stereocenters. The van der Waals surface area contributed by atoms with Gasteiger partial charge in [-0.2, -0.15) is 0 Å². The van der Waals surface area contributed by atoms with Gasteiger partial charge in [0, 0.05) is 0 Å². The monoisotopic (exact) mass is 244 g/mol. The molecule has 0 aromatic carbocycles.